The fraction of sp³-hybridized carbons (Fsp3) is 0.600. The Balaban J connectivity index is 2.09. The molecule has 1 saturated carbocycles. The topological polar surface area (TPSA) is 75.9 Å². The highest BCUT2D eigenvalue weighted by molar-refractivity contribution is 5.47. The molecule has 82 valence electrons. The van der Waals surface area contributed by atoms with Crippen molar-refractivity contribution < 1.29 is 0 Å². The lowest BCUT2D eigenvalue weighted by atomic mass is 10.2. The molecule has 15 heavy (non-hydrogen) atoms. The highest BCUT2D eigenvalue weighted by Gasteiger charge is 2.15. The van der Waals surface area contributed by atoms with E-state index in [9.17, 15) is 0 Å². The Morgan fingerprint density at radius 1 is 1.27 bits per heavy atom. The maximum Gasteiger partial charge on any atom is 0.145 e. The van der Waals surface area contributed by atoms with Crippen LogP contribution in [-0.4, -0.2) is 16.0 Å². The predicted molar refractivity (Wildman–Crippen MR) is 60.5 cm³/mol. The van der Waals surface area contributed by atoms with Crippen molar-refractivity contribution in [3.05, 3.63) is 11.9 Å². The summed E-state index contributed by atoms with van der Waals surface area (Å²) in [5.74, 6) is 7.57. The van der Waals surface area contributed by atoms with E-state index in [1.54, 1.807) is 0 Å². The smallest absolute Gasteiger partial charge is 0.145 e. The van der Waals surface area contributed by atoms with Crippen LogP contribution in [0.25, 0.3) is 0 Å². The van der Waals surface area contributed by atoms with Crippen molar-refractivity contribution in [3.63, 3.8) is 0 Å². The molecule has 0 radical (unpaired) electrons. The summed E-state index contributed by atoms with van der Waals surface area (Å²) in [6.07, 6.45) is 5.08. The summed E-state index contributed by atoms with van der Waals surface area (Å²) in [7, 11) is 0. The summed E-state index contributed by atoms with van der Waals surface area (Å²) in [6.45, 7) is 1.86. The van der Waals surface area contributed by atoms with Gasteiger partial charge < -0.3 is 10.7 Å². The number of anilines is 2. The maximum absolute atomic E-state index is 5.33. The number of nitrogens with two attached hydrogens (primary N) is 1. The van der Waals surface area contributed by atoms with E-state index in [1.165, 1.54) is 25.7 Å². The molecule has 0 amide bonds. The van der Waals surface area contributed by atoms with Crippen LogP contribution in [0.4, 0.5) is 11.6 Å². The molecule has 0 spiro atoms. The third-order valence-electron chi connectivity index (χ3n) is 2.69. The van der Waals surface area contributed by atoms with Crippen LogP contribution in [0.1, 0.15) is 31.5 Å². The number of nitrogens with zero attached hydrogens (tertiary/aromatic N) is 2. The molecule has 1 heterocycles. The molecular weight excluding hydrogens is 190 g/mol. The van der Waals surface area contributed by atoms with E-state index < -0.39 is 0 Å². The summed E-state index contributed by atoms with van der Waals surface area (Å²) in [4.78, 5) is 8.47. The van der Waals surface area contributed by atoms with Crippen LogP contribution in [0.15, 0.2) is 6.07 Å². The molecule has 1 aromatic rings. The van der Waals surface area contributed by atoms with E-state index >= 15 is 0 Å². The fourth-order valence-corrected chi connectivity index (χ4v) is 1.99. The van der Waals surface area contributed by atoms with Gasteiger partial charge in [0.2, 0.25) is 0 Å². The molecule has 0 bridgehead atoms. The lowest BCUT2D eigenvalue weighted by molar-refractivity contribution is 0.748. The van der Waals surface area contributed by atoms with Crippen LogP contribution in [0.3, 0.4) is 0 Å². The molecule has 1 aromatic heterocycles. The van der Waals surface area contributed by atoms with Gasteiger partial charge in [-0.2, -0.15) is 0 Å². The van der Waals surface area contributed by atoms with Crippen LogP contribution in [0.2, 0.25) is 0 Å². The van der Waals surface area contributed by atoms with Crippen molar-refractivity contribution in [2.75, 3.05) is 10.7 Å². The van der Waals surface area contributed by atoms with Gasteiger partial charge in [-0.25, -0.2) is 15.8 Å². The van der Waals surface area contributed by atoms with E-state index in [-0.39, 0.29) is 0 Å². The number of rotatable bonds is 3. The number of hydrazine groups is 1. The minimum Gasteiger partial charge on any atom is -0.367 e. The first kappa shape index (κ1) is 10.2. The average molecular weight is 207 g/mol. The zero-order valence-corrected chi connectivity index (χ0v) is 8.95. The zero-order chi connectivity index (χ0) is 10.7. The molecule has 1 aliphatic rings. The minimum atomic E-state index is 0.560. The Kier molecular flexibility index (Phi) is 3.01. The molecule has 2 rings (SSSR count). The van der Waals surface area contributed by atoms with Gasteiger partial charge in [0.15, 0.2) is 0 Å². The van der Waals surface area contributed by atoms with Crippen LogP contribution in [-0.2, 0) is 0 Å². The molecular formula is C10H17N5. The van der Waals surface area contributed by atoms with Crippen LogP contribution in [0, 0.1) is 6.92 Å². The zero-order valence-electron chi connectivity index (χ0n) is 8.95. The van der Waals surface area contributed by atoms with E-state index in [4.69, 9.17) is 5.84 Å². The Bertz CT molecular complexity index is 333. The first-order valence-corrected chi connectivity index (χ1v) is 5.37. The molecule has 0 aliphatic heterocycles. The maximum atomic E-state index is 5.33. The molecule has 1 aliphatic carbocycles. The molecule has 4 N–H and O–H groups in total. The highest BCUT2D eigenvalue weighted by atomic mass is 15.3. The van der Waals surface area contributed by atoms with Crippen LogP contribution < -0.4 is 16.6 Å². The van der Waals surface area contributed by atoms with Gasteiger partial charge >= 0.3 is 0 Å². The number of hydrogen-bond acceptors (Lipinski definition) is 5. The average Bonchev–Trinajstić information content (AvgIpc) is 2.69. The van der Waals surface area contributed by atoms with Gasteiger partial charge in [-0.15, -0.1) is 0 Å². The van der Waals surface area contributed by atoms with Crippen molar-refractivity contribution in [1.29, 1.82) is 0 Å². The van der Waals surface area contributed by atoms with Crippen molar-refractivity contribution >= 4 is 11.6 Å². The Morgan fingerprint density at radius 3 is 2.60 bits per heavy atom. The van der Waals surface area contributed by atoms with Gasteiger partial charge in [0, 0.05) is 12.1 Å². The minimum absolute atomic E-state index is 0.560. The number of nitrogen functional groups attached to an aromatic ring is 1. The number of aromatic nitrogens is 2. The SMILES string of the molecule is Cc1nc(NN)cc(NC2CCCC2)n1. The van der Waals surface area contributed by atoms with Crippen molar-refractivity contribution in [3.8, 4) is 0 Å². The Morgan fingerprint density at radius 2 is 1.93 bits per heavy atom. The third kappa shape index (κ3) is 2.56. The monoisotopic (exact) mass is 207 g/mol. The van der Waals surface area contributed by atoms with E-state index in [0.717, 1.165) is 11.6 Å². The van der Waals surface area contributed by atoms with Crippen molar-refractivity contribution in [2.45, 2.75) is 38.6 Å². The van der Waals surface area contributed by atoms with Crippen molar-refractivity contribution in [1.82, 2.24) is 9.97 Å². The predicted octanol–water partition coefficient (Wildman–Crippen LogP) is 1.43. The van der Waals surface area contributed by atoms with E-state index in [0.29, 0.717) is 11.9 Å². The van der Waals surface area contributed by atoms with Gasteiger partial charge in [0.25, 0.3) is 0 Å². The van der Waals surface area contributed by atoms with E-state index in [2.05, 4.69) is 20.7 Å². The number of nitrogens with one attached hydrogen (secondary N) is 2. The first-order valence-electron chi connectivity index (χ1n) is 5.37. The second-order valence-electron chi connectivity index (χ2n) is 3.96. The summed E-state index contributed by atoms with van der Waals surface area (Å²) in [6, 6.07) is 2.40. The van der Waals surface area contributed by atoms with Gasteiger partial charge in [-0.1, -0.05) is 12.8 Å². The summed E-state index contributed by atoms with van der Waals surface area (Å²) in [5.41, 5.74) is 2.54. The van der Waals surface area contributed by atoms with E-state index in [1.807, 2.05) is 13.0 Å². The molecule has 0 atom stereocenters. The normalized spacial score (nSPS) is 16.7. The Labute approximate surface area is 89.5 Å². The second-order valence-corrected chi connectivity index (χ2v) is 3.96. The van der Waals surface area contributed by atoms with Gasteiger partial charge in [-0.05, 0) is 19.8 Å². The van der Waals surface area contributed by atoms with Gasteiger partial charge in [0.05, 0.1) is 0 Å². The number of aryl methyl sites for hydroxylation is 1. The summed E-state index contributed by atoms with van der Waals surface area (Å²) < 4.78 is 0. The van der Waals surface area contributed by atoms with Crippen molar-refractivity contribution in [2.24, 2.45) is 5.84 Å². The lowest BCUT2D eigenvalue weighted by Crippen LogP contribution is -2.17. The molecule has 0 saturated heterocycles. The Hall–Kier alpha value is -1.36. The summed E-state index contributed by atoms with van der Waals surface area (Å²) >= 11 is 0. The third-order valence-corrected chi connectivity index (χ3v) is 2.69. The molecule has 0 aromatic carbocycles. The number of hydrogen-bond donors (Lipinski definition) is 3. The van der Waals surface area contributed by atoms with Crippen LogP contribution >= 0.6 is 0 Å². The van der Waals surface area contributed by atoms with Gasteiger partial charge in [-0.3, -0.25) is 0 Å². The fourth-order valence-electron chi connectivity index (χ4n) is 1.99. The quantitative estimate of drug-likeness (QED) is 0.516. The standard InChI is InChI=1S/C10H17N5/c1-7-12-9(6-10(13-7)15-11)14-8-4-2-3-5-8/h6,8H,2-5,11H2,1H3,(H2,12,13,14,15). The molecule has 5 nitrogen and oxygen atoms in total. The lowest BCUT2D eigenvalue weighted by Gasteiger charge is -2.13. The molecule has 1 fully saturated rings. The molecule has 0 unspecified atom stereocenters. The molecule has 5 heteroatoms. The van der Waals surface area contributed by atoms with Crippen LogP contribution in [0.5, 0.6) is 0 Å². The summed E-state index contributed by atoms with van der Waals surface area (Å²) in [5, 5.41) is 3.41. The largest absolute Gasteiger partial charge is 0.367 e. The van der Waals surface area contributed by atoms with Gasteiger partial charge in [0.1, 0.15) is 17.5 Å². The second kappa shape index (κ2) is 4.44. The highest BCUT2D eigenvalue weighted by Crippen LogP contribution is 2.22. The first-order chi connectivity index (χ1) is 7.28.